The fourth-order valence-corrected chi connectivity index (χ4v) is 5.22. The molecule has 1 fully saturated rings. The quantitative estimate of drug-likeness (QED) is 0.606. The molecule has 1 amide bonds. The summed E-state index contributed by atoms with van der Waals surface area (Å²) < 4.78 is 40.3. The lowest BCUT2D eigenvalue weighted by Gasteiger charge is -2.17. The lowest BCUT2D eigenvalue weighted by atomic mass is 10.2. The van der Waals surface area contributed by atoms with Crippen LogP contribution in [0, 0.1) is 6.92 Å². The summed E-state index contributed by atoms with van der Waals surface area (Å²) in [6.45, 7) is 3.21. The Kier molecular flexibility index (Phi) is 5.92. The molecular formula is C23H23NO7S. The van der Waals surface area contributed by atoms with Crippen LogP contribution in [-0.4, -0.2) is 38.0 Å². The number of carbonyl (C=O) groups excluding carboxylic acids is 1. The van der Waals surface area contributed by atoms with Gasteiger partial charge in [0.05, 0.1) is 16.9 Å². The van der Waals surface area contributed by atoms with Crippen molar-refractivity contribution >= 4 is 26.7 Å². The van der Waals surface area contributed by atoms with Crippen LogP contribution in [0.4, 0.5) is 0 Å². The Balaban J connectivity index is 1.50. The average Bonchev–Trinajstić information content (AvgIpc) is 3.09. The molecule has 0 bridgehead atoms. The Morgan fingerprint density at radius 3 is 2.59 bits per heavy atom. The maximum Gasteiger partial charge on any atom is 0.261 e. The van der Waals surface area contributed by atoms with E-state index in [-0.39, 0.29) is 22.7 Å². The van der Waals surface area contributed by atoms with Crippen molar-refractivity contribution in [1.29, 1.82) is 0 Å². The second-order valence-corrected chi connectivity index (χ2v) is 9.99. The molecule has 4 rings (SSSR count). The molecule has 168 valence electrons. The molecule has 3 aromatic rings. The number of para-hydroxylation sites is 1. The number of nitrogens with one attached hydrogen (secondary N) is 1. The van der Waals surface area contributed by atoms with E-state index >= 15 is 0 Å². The molecule has 2 aromatic carbocycles. The van der Waals surface area contributed by atoms with Gasteiger partial charge in [-0.25, -0.2) is 8.42 Å². The summed E-state index contributed by atoms with van der Waals surface area (Å²) in [4.78, 5) is 25.3. The van der Waals surface area contributed by atoms with Crippen molar-refractivity contribution in [2.45, 2.75) is 32.4 Å². The largest absolute Gasteiger partial charge is 0.481 e. The monoisotopic (exact) mass is 457 g/mol. The highest BCUT2D eigenvalue weighted by Crippen LogP contribution is 2.27. The van der Waals surface area contributed by atoms with Crippen molar-refractivity contribution in [3.8, 4) is 17.2 Å². The van der Waals surface area contributed by atoms with Crippen LogP contribution < -0.4 is 20.2 Å². The molecule has 32 heavy (non-hydrogen) atoms. The van der Waals surface area contributed by atoms with E-state index in [2.05, 4.69) is 5.32 Å². The molecule has 1 aliphatic heterocycles. The van der Waals surface area contributed by atoms with E-state index in [1.165, 1.54) is 0 Å². The number of sulfone groups is 1. The molecule has 0 spiro atoms. The lowest BCUT2D eigenvalue weighted by molar-refractivity contribution is -0.127. The molecule has 8 nitrogen and oxygen atoms in total. The van der Waals surface area contributed by atoms with Crippen molar-refractivity contribution in [3.05, 3.63) is 64.5 Å². The van der Waals surface area contributed by atoms with Gasteiger partial charge in [-0.1, -0.05) is 18.2 Å². The van der Waals surface area contributed by atoms with Crippen molar-refractivity contribution < 1.29 is 27.1 Å². The summed E-state index contributed by atoms with van der Waals surface area (Å²) in [5, 5.41) is 3.03. The Labute approximate surface area is 185 Å². The summed E-state index contributed by atoms with van der Waals surface area (Å²) in [6.07, 6.45) is -0.460. The van der Waals surface area contributed by atoms with Gasteiger partial charge in [0.1, 0.15) is 22.8 Å². The summed E-state index contributed by atoms with van der Waals surface area (Å²) in [5.41, 5.74) is -0.00714. The molecule has 2 heterocycles. The number of fused-ring (bicyclic) bond motifs is 1. The van der Waals surface area contributed by atoms with Crippen molar-refractivity contribution in [1.82, 2.24) is 5.32 Å². The standard InChI is InChI=1S/C23H23NO7S/c1-14-22(31-17-6-4-3-5-7-17)21(25)19-9-8-18(12-20(19)30-14)29-15(2)23(26)24-16-10-11-32(27,28)13-16/h3-9,12,15-16H,10-11,13H2,1-2H3,(H,24,26)/t15-,16-/m1/s1. The topological polar surface area (TPSA) is 112 Å². The number of ether oxygens (including phenoxy) is 2. The molecule has 1 aliphatic rings. The van der Waals surface area contributed by atoms with Crippen molar-refractivity contribution in [2.24, 2.45) is 0 Å². The number of aryl methyl sites for hydroxylation is 1. The van der Waals surface area contributed by atoms with Gasteiger partial charge in [-0.05, 0) is 44.5 Å². The summed E-state index contributed by atoms with van der Waals surface area (Å²) in [5.74, 6) is 0.909. The summed E-state index contributed by atoms with van der Waals surface area (Å²) in [7, 11) is -3.09. The van der Waals surface area contributed by atoms with Crippen LogP contribution in [0.15, 0.2) is 57.7 Å². The summed E-state index contributed by atoms with van der Waals surface area (Å²) >= 11 is 0. The Bertz CT molecular complexity index is 1320. The highest BCUT2D eigenvalue weighted by molar-refractivity contribution is 7.91. The van der Waals surface area contributed by atoms with Gasteiger partial charge < -0.3 is 19.2 Å². The van der Waals surface area contributed by atoms with Gasteiger partial charge in [-0.15, -0.1) is 0 Å². The number of hydrogen-bond acceptors (Lipinski definition) is 7. The minimum atomic E-state index is -3.09. The van der Waals surface area contributed by atoms with Gasteiger partial charge >= 0.3 is 0 Å². The SMILES string of the molecule is Cc1oc2cc(O[C@H](C)C(=O)N[C@@H]3CCS(=O)(=O)C3)ccc2c(=O)c1Oc1ccccc1. The van der Waals surface area contributed by atoms with Crippen LogP contribution in [0.25, 0.3) is 11.0 Å². The molecule has 1 saturated heterocycles. The van der Waals surface area contributed by atoms with E-state index in [0.717, 1.165) is 0 Å². The first-order valence-electron chi connectivity index (χ1n) is 10.2. The molecule has 1 N–H and O–H groups in total. The second kappa shape index (κ2) is 8.66. The molecule has 0 unspecified atom stereocenters. The fraction of sp³-hybridized carbons (Fsp3) is 0.304. The first kappa shape index (κ1) is 21.9. The Morgan fingerprint density at radius 2 is 1.91 bits per heavy atom. The smallest absolute Gasteiger partial charge is 0.261 e. The van der Waals surface area contributed by atoms with E-state index in [1.54, 1.807) is 56.3 Å². The van der Waals surface area contributed by atoms with E-state index < -0.39 is 27.9 Å². The minimum absolute atomic E-state index is 0.0563. The van der Waals surface area contributed by atoms with Crippen LogP contribution >= 0.6 is 0 Å². The Morgan fingerprint density at radius 1 is 1.16 bits per heavy atom. The van der Waals surface area contributed by atoms with Gasteiger partial charge in [0, 0.05) is 12.1 Å². The van der Waals surface area contributed by atoms with Crippen LogP contribution in [0.1, 0.15) is 19.1 Å². The van der Waals surface area contributed by atoms with E-state index in [1.807, 2.05) is 6.07 Å². The zero-order chi connectivity index (χ0) is 22.9. The van der Waals surface area contributed by atoms with Crippen LogP contribution in [0.5, 0.6) is 17.2 Å². The van der Waals surface area contributed by atoms with E-state index in [4.69, 9.17) is 13.9 Å². The molecule has 0 radical (unpaired) electrons. The van der Waals surface area contributed by atoms with Crippen LogP contribution in [0.3, 0.4) is 0 Å². The highest BCUT2D eigenvalue weighted by atomic mass is 32.2. The maximum atomic E-state index is 12.9. The molecule has 0 aliphatic carbocycles. The first-order valence-corrected chi connectivity index (χ1v) is 12.0. The molecule has 2 atom stereocenters. The predicted molar refractivity (Wildman–Crippen MR) is 119 cm³/mol. The van der Waals surface area contributed by atoms with Crippen LogP contribution in [-0.2, 0) is 14.6 Å². The van der Waals surface area contributed by atoms with Crippen molar-refractivity contribution in [2.75, 3.05) is 11.5 Å². The number of carbonyl (C=O) groups is 1. The summed E-state index contributed by atoms with van der Waals surface area (Å²) in [6, 6.07) is 13.2. The van der Waals surface area contributed by atoms with Gasteiger partial charge in [0.2, 0.25) is 11.2 Å². The normalized spacial score (nSPS) is 18.2. The van der Waals surface area contributed by atoms with Gasteiger partial charge in [0.25, 0.3) is 5.91 Å². The Hall–Kier alpha value is -3.33. The third kappa shape index (κ3) is 4.77. The van der Waals surface area contributed by atoms with Gasteiger partial charge in [0.15, 0.2) is 15.9 Å². The number of amides is 1. The lowest BCUT2D eigenvalue weighted by Crippen LogP contribution is -2.43. The van der Waals surface area contributed by atoms with E-state index in [0.29, 0.717) is 34.6 Å². The van der Waals surface area contributed by atoms with Gasteiger partial charge in [-0.3, -0.25) is 9.59 Å². The van der Waals surface area contributed by atoms with Crippen LogP contribution in [0.2, 0.25) is 0 Å². The minimum Gasteiger partial charge on any atom is -0.481 e. The molecular weight excluding hydrogens is 434 g/mol. The maximum absolute atomic E-state index is 12.9. The zero-order valence-corrected chi connectivity index (χ0v) is 18.5. The fourth-order valence-electron chi connectivity index (χ4n) is 3.55. The average molecular weight is 458 g/mol. The molecule has 9 heteroatoms. The van der Waals surface area contributed by atoms with Gasteiger partial charge in [-0.2, -0.15) is 0 Å². The first-order chi connectivity index (χ1) is 15.2. The predicted octanol–water partition coefficient (Wildman–Crippen LogP) is 2.96. The second-order valence-electron chi connectivity index (χ2n) is 7.76. The molecule has 1 aromatic heterocycles. The van der Waals surface area contributed by atoms with E-state index in [9.17, 15) is 18.0 Å². The third-order valence-corrected chi connectivity index (χ3v) is 6.98. The number of benzene rings is 2. The number of rotatable bonds is 6. The highest BCUT2D eigenvalue weighted by Gasteiger charge is 2.30. The zero-order valence-electron chi connectivity index (χ0n) is 17.7. The third-order valence-electron chi connectivity index (χ3n) is 5.21. The molecule has 0 saturated carbocycles. The van der Waals surface area contributed by atoms with Crippen molar-refractivity contribution in [3.63, 3.8) is 0 Å². The number of hydrogen-bond donors (Lipinski definition) is 1.